The van der Waals surface area contributed by atoms with E-state index in [1.54, 1.807) is 0 Å². The van der Waals surface area contributed by atoms with E-state index in [4.69, 9.17) is 5.73 Å². The highest BCUT2D eigenvalue weighted by atomic mass is 79.9. The Kier molecular flexibility index (Phi) is 2.22. The van der Waals surface area contributed by atoms with Gasteiger partial charge in [-0.3, -0.25) is 4.79 Å². The Balaban J connectivity index is 1.94. The molecule has 3 nitrogen and oxygen atoms in total. The van der Waals surface area contributed by atoms with Crippen LogP contribution in [0.25, 0.3) is 0 Å². The van der Waals surface area contributed by atoms with E-state index in [9.17, 15) is 9.90 Å². The predicted octanol–water partition coefficient (Wildman–Crippen LogP) is 2.13. The van der Waals surface area contributed by atoms with E-state index in [2.05, 4.69) is 15.9 Å². The monoisotopic (exact) mass is 287 g/mol. The number of halogens is 1. The fourth-order valence-electron chi connectivity index (χ4n) is 4.85. The van der Waals surface area contributed by atoms with Crippen molar-refractivity contribution in [3.8, 4) is 0 Å². The van der Waals surface area contributed by atoms with Crippen LogP contribution in [0, 0.1) is 17.3 Å². The zero-order valence-corrected chi connectivity index (χ0v) is 10.9. The second-order valence-corrected chi connectivity index (χ2v) is 7.97. The average Bonchev–Trinajstić information content (AvgIpc) is 2.12. The molecule has 0 aromatic heterocycles. The van der Waals surface area contributed by atoms with Gasteiger partial charge in [-0.2, -0.15) is 0 Å². The molecule has 5 atom stereocenters. The summed E-state index contributed by atoms with van der Waals surface area (Å²) in [7, 11) is 0. The van der Waals surface area contributed by atoms with Gasteiger partial charge in [0.2, 0.25) is 0 Å². The van der Waals surface area contributed by atoms with Crippen molar-refractivity contribution in [2.24, 2.45) is 23.0 Å². The number of rotatable bonds is 2. The summed E-state index contributed by atoms with van der Waals surface area (Å²) in [5.74, 6) is 0.579. The van der Waals surface area contributed by atoms with Crippen molar-refractivity contribution in [1.29, 1.82) is 0 Å². The lowest BCUT2D eigenvalue weighted by Gasteiger charge is -2.61. The van der Waals surface area contributed by atoms with Crippen LogP contribution in [0.1, 0.15) is 38.5 Å². The van der Waals surface area contributed by atoms with Crippen LogP contribution in [0.4, 0.5) is 0 Å². The molecule has 0 aliphatic heterocycles. The fraction of sp³-hybridized carbons (Fsp3) is 0.917. The molecule has 90 valence electrons. The van der Waals surface area contributed by atoms with Crippen molar-refractivity contribution in [2.75, 3.05) is 0 Å². The van der Waals surface area contributed by atoms with Gasteiger partial charge in [-0.25, -0.2) is 0 Å². The number of carboxylic acids is 1. The molecule has 16 heavy (non-hydrogen) atoms. The lowest BCUT2D eigenvalue weighted by molar-refractivity contribution is -0.147. The molecule has 4 heteroatoms. The number of hydrogen-bond donors (Lipinski definition) is 2. The van der Waals surface area contributed by atoms with E-state index in [0.717, 1.165) is 19.3 Å². The largest absolute Gasteiger partial charge is 0.480 e. The SMILES string of the molecule is NC(C(=O)O)C12C[C@@H]3C[C@@H](CC(Br)(C3)C1)C2. The Hall–Kier alpha value is -0.0900. The van der Waals surface area contributed by atoms with Crippen LogP contribution >= 0.6 is 15.9 Å². The molecule has 0 aromatic rings. The Morgan fingerprint density at radius 3 is 2.31 bits per heavy atom. The molecule has 4 aliphatic rings. The second kappa shape index (κ2) is 3.22. The minimum absolute atomic E-state index is 0.126. The van der Waals surface area contributed by atoms with Crippen LogP contribution in [-0.4, -0.2) is 21.4 Å². The van der Waals surface area contributed by atoms with Crippen LogP contribution in [-0.2, 0) is 4.79 Å². The molecular formula is C12H18BrNO2. The van der Waals surface area contributed by atoms with E-state index in [1.807, 2.05) is 0 Å². The van der Waals surface area contributed by atoms with Crippen molar-refractivity contribution >= 4 is 21.9 Å². The van der Waals surface area contributed by atoms with Gasteiger partial charge in [-0.05, 0) is 55.8 Å². The zero-order chi connectivity index (χ0) is 11.6. The van der Waals surface area contributed by atoms with Gasteiger partial charge in [-0.15, -0.1) is 0 Å². The van der Waals surface area contributed by atoms with Gasteiger partial charge in [0.15, 0.2) is 0 Å². The summed E-state index contributed by atoms with van der Waals surface area (Å²) in [4.78, 5) is 11.2. The minimum atomic E-state index is -0.821. The first-order chi connectivity index (χ1) is 7.42. The number of carbonyl (C=O) groups is 1. The number of carboxylic acid groups (broad SMARTS) is 1. The van der Waals surface area contributed by atoms with Crippen molar-refractivity contribution < 1.29 is 9.90 Å². The number of aliphatic carboxylic acids is 1. The van der Waals surface area contributed by atoms with Gasteiger partial charge in [0.25, 0.3) is 0 Å². The zero-order valence-electron chi connectivity index (χ0n) is 9.29. The third kappa shape index (κ3) is 1.46. The molecule has 3 unspecified atom stereocenters. The maximum Gasteiger partial charge on any atom is 0.321 e. The maximum atomic E-state index is 11.2. The molecule has 0 saturated heterocycles. The number of nitrogens with two attached hydrogens (primary N) is 1. The summed E-state index contributed by atoms with van der Waals surface area (Å²) in [5, 5.41) is 9.19. The van der Waals surface area contributed by atoms with Crippen molar-refractivity contribution in [1.82, 2.24) is 0 Å². The first-order valence-electron chi connectivity index (χ1n) is 6.10. The van der Waals surface area contributed by atoms with Crippen LogP contribution < -0.4 is 5.73 Å². The van der Waals surface area contributed by atoms with E-state index in [1.165, 1.54) is 19.3 Å². The lowest BCUT2D eigenvalue weighted by atomic mass is 9.47. The average molecular weight is 288 g/mol. The fourth-order valence-corrected chi connectivity index (χ4v) is 6.32. The quantitative estimate of drug-likeness (QED) is 0.765. The van der Waals surface area contributed by atoms with E-state index < -0.39 is 12.0 Å². The molecule has 0 aromatic carbocycles. The molecule has 0 radical (unpaired) electrons. The first-order valence-corrected chi connectivity index (χ1v) is 6.89. The van der Waals surface area contributed by atoms with Crippen molar-refractivity contribution in [2.45, 2.75) is 48.9 Å². The third-order valence-corrected chi connectivity index (χ3v) is 5.89. The highest BCUT2D eigenvalue weighted by molar-refractivity contribution is 9.10. The summed E-state index contributed by atoms with van der Waals surface area (Å²) in [6.07, 6.45) is 6.76. The molecule has 4 saturated carbocycles. The molecule has 0 amide bonds. The summed E-state index contributed by atoms with van der Waals surface area (Å²) in [6, 6.07) is -0.671. The van der Waals surface area contributed by atoms with Crippen LogP contribution in [0.15, 0.2) is 0 Å². The minimum Gasteiger partial charge on any atom is -0.480 e. The molecule has 4 bridgehead atoms. The van der Waals surface area contributed by atoms with Gasteiger partial charge >= 0.3 is 5.97 Å². The Morgan fingerprint density at radius 1 is 1.31 bits per heavy atom. The van der Waals surface area contributed by atoms with Crippen molar-refractivity contribution in [3.05, 3.63) is 0 Å². The van der Waals surface area contributed by atoms with Gasteiger partial charge in [0.05, 0.1) is 0 Å². The molecule has 0 spiro atoms. The molecule has 0 heterocycles. The number of alkyl halides is 1. The first kappa shape index (κ1) is 11.0. The van der Waals surface area contributed by atoms with Crippen molar-refractivity contribution in [3.63, 3.8) is 0 Å². The summed E-state index contributed by atoms with van der Waals surface area (Å²) >= 11 is 3.86. The summed E-state index contributed by atoms with van der Waals surface area (Å²) in [5.41, 5.74) is 5.83. The van der Waals surface area contributed by atoms with Crippen LogP contribution in [0.3, 0.4) is 0 Å². The van der Waals surface area contributed by atoms with E-state index in [-0.39, 0.29) is 9.74 Å². The van der Waals surface area contributed by atoms with Gasteiger partial charge < -0.3 is 10.8 Å². The molecule has 4 aliphatic carbocycles. The summed E-state index contributed by atoms with van der Waals surface area (Å²) in [6.45, 7) is 0. The Labute approximate surface area is 104 Å². The Bertz CT molecular complexity index is 330. The normalized spacial score (nSPS) is 51.6. The standard InChI is InChI=1S/C12H18BrNO2/c13-12-4-7-1-8(5-12)3-11(2-7,6-12)9(14)10(15)16/h7-9H,1-6,14H2,(H,15,16)/t7-,8+,9?,11?,12?. The smallest absolute Gasteiger partial charge is 0.321 e. The third-order valence-electron chi connectivity index (χ3n) is 4.96. The van der Waals surface area contributed by atoms with Crippen LogP contribution in [0.2, 0.25) is 0 Å². The Morgan fingerprint density at radius 2 is 1.88 bits per heavy atom. The number of hydrogen-bond acceptors (Lipinski definition) is 2. The molecule has 4 rings (SSSR count). The lowest BCUT2D eigenvalue weighted by Crippen LogP contribution is -2.61. The van der Waals surface area contributed by atoms with E-state index in [0.29, 0.717) is 11.8 Å². The molecular weight excluding hydrogens is 270 g/mol. The predicted molar refractivity (Wildman–Crippen MR) is 64.4 cm³/mol. The summed E-state index contributed by atoms with van der Waals surface area (Å²) < 4.78 is 0.199. The second-order valence-electron chi connectivity index (χ2n) is 6.29. The van der Waals surface area contributed by atoms with Gasteiger partial charge in [0.1, 0.15) is 6.04 Å². The topological polar surface area (TPSA) is 63.3 Å². The highest BCUT2D eigenvalue weighted by Gasteiger charge is 2.59. The van der Waals surface area contributed by atoms with Crippen LogP contribution in [0.5, 0.6) is 0 Å². The maximum absolute atomic E-state index is 11.2. The van der Waals surface area contributed by atoms with E-state index >= 15 is 0 Å². The molecule has 3 N–H and O–H groups in total. The highest BCUT2D eigenvalue weighted by Crippen LogP contribution is 2.65. The van der Waals surface area contributed by atoms with Gasteiger partial charge in [0, 0.05) is 4.32 Å². The van der Waals surface area contributed by atoms with Gasteiger partial charge in [-0.1, -0.05) is 15.9 Å². The molecule has 4 fully saturated rings.